The first-order valence-corrected chi connectivity index (χ1v) is 8.13. The molecule has 0 aliphatic heterocycles. The lowest BCUT2D eigenvalue weighted by atomic mass is 10.0. The zero-order valence-corrected chi connectivity index (χ0v) is 14.3. The summed E-state index contributed by atoms with van der Waals surface area (Å²) in [7, 11) is 1.67. The molecule has 0 amide bonds. The van der Waals surface area contributed by atoms with Gasteiger partial charge in [-0.15, -0.1) is 11.3 Å². The van der Waals surface area contributed by atoms with Gasteiger partial charge in [0.2, 0.25) is 0 Å². The van der Waals surface area contributed by atoms with Crippen molar-refractivity contribution in [2.24, 2.45) is 5.84 Å². The van der Waals surface area contributed by atoms with Crippen LogP contribution in [0.15, 0.2) is 38.6 Å². The molecule has 0 fully saturated rings. The smallest absolute Gasteiger partial charge is 0.124 e. The average Bonchev–Trinajstić information content (AvgIpc) is 2.81. The maximum Gasteiger partial charge on any atom is 0.124 e. The summed E-state index contributed by atoms with van der Waals surface area (Å²) in [4.78, 5) is 1.26. The predicted molar refractivity (Wildman–Crippen MR) is 86.5 cm³/mol. The fourth-order valence-corrected chi connectivity index (χ4v) is 3.79. The molecule has 1 heterocycles. The van der Waals surface area contributed by atoms with Crippen LogP contribution in [0, 0.1) is 0 Å². The molecule has 3 N–H and O–H groups in total. The summed E-state index contributed by atoms with van der Waals surface area (Å²) >= 11 is 8.70. The van der Waals surface area contributed by atoms with Gasteiger partial charge in [0, 0.05) is 25.8 Å². The Balaban J connectivity index is 2.29. The Morgan fingerprint density at radius 1 is 1.37 bits per heavy atom. The number of ether oxygens (including phenoxy) is 1. The van der Waals surface area contributed by atoms with Gasteiger partial charge in [-0.05, 0) is 39.5 Å². The molecular weight excluding hydrogens is 392 g/mol. The van der Waals surface area contributed by atoms with Crippen LogP contribution < -0.4 is 16.0 Å². The van der Waals surface area contributed by atoms with Crippen LogP contribution in [0.2, 0.25) is 0 Å². The minimum Gasteiger partial charge on any atom is -0.496 e. The van der Waals surface area contributed by atoms with Crippen molar-refractivity contribution in [1.29, 1.82) is 0 Å². The van der Waals surface area contributed by atoms with E-state index in [9.17, 15) is 0 Å². The molecule has 102 valence electrons. The first kappa shape index (κ1) is 15.0. The quantitative estimate of drug-likeness (QED) is 0.583. The van der Waals surface area contributed by atoms with E-state index in [2.05, 4.69) is 42.7 Å². The minimum atomic E-state index is 0.0120. The van der Waals surface area contributed by atoms with E-state index in [0.717, 1.165) is 26.7 Å². The molecule has 1 unspecified atom stereocenters. The summed E-state index contributed by atoms with van der Waals surface area (Å²) in [6.07, 6.45) is 0.812. The Labute approximate surface area is 133 Å². The summed E-state index contributed by atoms with van der Waals surface area (Å²) in [5, 5.41) is 2.06. The summed E-state index contributed by atoms with van der Waals surface area (Å²) < 4.78 is 7.53. The number of thiophene rings is 1. The van der Waals surface area contributed by atoms with E-state index in [-0.39, 0.29) is 6.04 Å². The van der Waals surface area contributed by atoms with Crippen molar-refractivity contribution in [3.63, 3.8) is 0 Å². The number of halogens is 2. The molecule has 1 aromatic heterocycles. The Kier molecular flexibility index (Phi) is 5.41. The SMILES string of the molecule is COc1cc(Br)ccc1C(Cc1sccc1Br)NN. The van der Waals surface area contributed by atoms with Gasteiger partial charge in [-0.3, -0.25) is 11.3 Å². The van der Waals surface area contributed by atoms with Crippen molar-refractivity contribution in [2.75, 3.05) is 7.11 Å². The van der Waals surface area contributed by atoms with Crippen molar-refractivity contribution < 1.29 is 4.74 Å². The highest BCUT2D eigenvalue weighted by atomic mass is 79.9. The lowest BCUT2D eigenvalue weighted by Gasteiger charge is -2.19. The number of hydrogen-bond acceptors (Lipinski definition) is 4. The van der Waals surface area contributed by atoms with Gasteiger partial charge in [0.25, 0.3) is 0 Å². The van der Waals surface area contributed by atoms with Gasteiger partial charge in [-0.2, -0.15) is 0 Å². The summed E-state index contributed by atoms with van der Waals surface area (Å²) in [6, 6.07) is 8.02. The van der Waals surface area contributed by atoms with E-state index >= 15 is 0 Å². The first-order valence-electron chi connectivity index (χ1n) is 5.67. The van der Waals surface area contributed by atoms with Crippen LogP contribution in [0.25, 0.3) is 0 Å². The van der Waals surface area contributed by atoms with Crippen molar-refractivity contribution in [3.8, 4) is 5.75 Å². The van der Waals surface area contributed by atoms with E-state index in [1.807, 2.05) is 24.3 Å². The molecule has 0 radical (unpaired) electrons. The fraction of sp³-hybridized carbons (Fsp3) is 0.231. The number of hydrogen-bond donors (Lipinski definition) is 2. The molecule has 0 saturated heterocycles. The molecule has 6 heteroatoms. The number of nitrogens with one attached hydrogen (secondary N) is 1. The highest BCUT2D eigenvalue weighted by molar-refractivity contribution is 9.10. The monoisotopic (exact) mass is 404 g/mol. The second kappa shape index (κ2) is 6.85. The third-order valence-corrected chi connectivity index (χ3v) is 5.29. The van der Waals surface area contributed by atoms with E-state index in [1.54, 1.807) is 18.4 Å². The number of hydrazine groups is 1. The minimum absolute atomic E-state index is 0.0120. The molecule has 0 bridgehead atoms. The fourth-order valence-electron chi connectivity index (χ4n) is 1.89. The van der Waals surface area contributed by atoms with Crippen LogP contribution in [0.5, 0.6) is 5.75 Å². The van der Waals surface area contributed by atoms with Crippen molar-refractivity contribution >= 4 is 43.2 Å². The van der Waals surface area contributed by atoms with E-state index in [0.29, 0.717) is 0 Å². The standard InChI is InChI=1S/C13H14Br2N2OS/c1-18-12-6-8(14)2-3-9(12)11(17-16)7-13-10(15)4-5-19-13/h2-6,11,17H,7,16H2,1H3. The maximum absolute atomic E-state index is 5.71. The van der Waals surface area contributed by atoms with E-state index in [4.69, 9.17) is 10.6 Å². The van der Waals surface area contributed by atoms with Crippen LogP contribution in [-0.2, 0) is 6.42 Å². The lowest BCUT2D eigenvalue weighted by molar-refractivity contribution is 0.399. The molecule has 2 rings (SSSR count). The summed E-state index contributed by atoms with van der Waals surface area (Å²) in [5.74, 6) is 6.53. The zero-order valence-electron chi connectivity index (χ0n) is 10.3. The Hall–Kier alpha value is -0.400. The van der Waals surface area contributed by atoms with Crippen LogP contribution in [0.3, 0.4) is 0 Å². The van der Waals surface area contributed by atoms with Crippen molar-refractivity contribution in [1.82, 2.24) is 5.43 Å². The number of benzene rings is 1. The van der Waals surface area contributed by atoms with Gasteiger partial charge in [-0.25, -0.2) is 0 Å². The summed E-state index contributed by atoms with van der Waals surface area (Å²) in [6.45, 7) is 0. The van der Waals surface area contributed by atoms with Gasteiger partial charge in [0.1, 0.15) is 5.75 Å². The molecule has 0 aliphatic rings. The normalized spacial score (nSPS) is 12.4. The largest absolute Gasteiger partial charge is 0.496 e. The third kappa shape index (κ3) is 3.58. The van der Waals surface area contributed by atoms with Gasteiger partial charge >= 0.3 is 0 Å². The molecule has 1 atom stereocenters. The number of rotatable bonds is 5. The average molecular weight is 406 g/mol. The van der Waals surface area contributed by atoms with Gasteiger partial charge in [0.15, 0.2) is 0 Å². The van der Waals surface area contributed by atoms with Gasteiger partial charge < -0.3 is 4.74 Å². The Bertz CT molecular complexity index is 559. The molecular formula is C13H14Br2N2OS. The highest BCUT2D eigenvalue weighted by Crippen LogP contribution is 2.33. The molecule has 3 nitrogen and oxygen atoms in total. The molecule has 0 saturated carbocycles. The van der Waals surface area contributed by atoms with Crippen LogP contribution in [0.1, 0.15) is 16.5 Å². The van der Waals surface area contributed by atoms with Crippen LogP contribution in [0.4, 0.5) is 0 Å². The van der Waals surface area contributed by atoms with Crippen LogP contribution >= 0.6 is 43.2 Å². The second-order valence-corrected chi connectivity index (χ2v) is 6.77. The molecule has 0 spiro atoms. The lowest BCUT2D eigenvalue weighted by Crippen LogP contribution is -2.29. The van der Waals surface area contributed by atoms with Crippen molar-refractivity contribution in [2.45, 2.75) is 12.5 Å². The maximum atomic E-state index is 5.71. The van der Waals surface area contributed by atoms with Gasteiger partial charge in [-0.1, -0.05) is 22.0 Å². The molecule has 19 heavy (non-hydrogen) atoms. The zero-order chi connectivity index (χ0) is 13.8. The highest BCUT2D eigenvalue weighted by Gasteiger charge is 2.17. The predicted octanol–water partition coefficient (Wildman–Crippen LogP) is 4.03. The van der Waals surface area contributed by atoms with E-state index in [1.165, 1.54) is 4.88 Å². The molecule has 1 aromatic carbocycles. The topological polar surface area (TPSA) is 47.3 Å². The van der Waals surface area contributed by atoms with Crippen LogP contribution in [-0.4, -0.2) is 7.11 Å². The second-order valence-electron chi connectivity index (χ2n) is 4.00. The number of nitrogens with two attached hydrogens (primary N) is 1. The number of methoxy groups -OCH3 is 1. The Morgan fingerprint density at radius 2 is 2.16 bits per heavy atom. The molecule has 0 aliphatic carbocycles. The molecule has 2 aromatic rings. The first-order chi connectivity index (χ1) is 9.15. The van der Waals surface area contributed by atoms with E-state index < -0.39 is 0 Å². The summed E-state index contributed by atoms with van der Waals surface area (Å²) in [5.41, 5.74) is 3.92. The van der Waals surface area contributed by atoms with Gasteiger partial charge in [0.05, 0.1) is 13.2 Å². The Morgan fingerprint density at radius 3 is 2.74 bits per heavy atom. The third-order valence-electron chi connectivity index (χ3n) is 2.85. The van der Waals surface area contributed by atoms with Crippen molar-refractivity contribution in [3.05, 3.63) is 49.0 Å².